The van der Waals surface area contributed by atoms with Crippen molar-refractivity contribution < 1.29 is 0 Å². The molecule has 23 heavy (non-hydrogen) atoms. The second-order valence-corrected chi connectivity index (χ2v) is 6.20. The highest BCUT2D eigenvalue weighted by molar-refractivity contribution is 5.76. The number of fused-ring (bicyclic) bond motifs is 1. The van der Waals surface area contributed by atoms with Gasteiger partial charge in [0.15, 0.2) is 0 Å². The van der Waals surface area contributed by atoms with Gasteiger partial charge in [-0.15, -0.1) is 0 Å². The van der Waals surface area contributed by atoms with Gasteiger partial charge in [0.2, 0.25) is 0 Å². The molecule has 0 saturated heterocycles. The highest BCUT2D eigenvalue weighted by Crippen LogP contribution is 2.37. The summed E-state index contributed by atoms with van der Waals surface area (Å²) in [6, 6.07) is 29.8. The Morgan fingerprint density at radius 2 is 0.913 bits per heavy atom. The van der Waals surface area contributed by atoms with Crippen molar-refractivity contribution in [1.82, 2.24) is 0 Å². The Kier molecular flexibility index (Phi) is 3.51. The topological polar surface area (TPSA) is 24.1 Å². The van der Waals surface area contributed by atoms with Crippen LogP contribution in [0.2, 0.25) is 0 Å². The molecule has 1 aliphatic heterocycles. The van der Waals surface area contributed by atoms with Crippen molar-refractivity contribution in [1.29, 1.82) is 0 Å². The van der Waals surface area contributed by atoms with Gasteiger partial charge in [-0.05, 0) is 23.3 Å². The van der Waals surface area contributed by atoms with Gasteiger partial charge >= 0.3 is 0 Å². The maximum Gasteiger partial charge on any atom is 0.116 e. The summed E-state index contributed by atoms with van der Waals surface area (Å²) in [5, 5.41) is 7.47. The predicted molar refractivity (Wildman–Crippen MR) is 96.7 cm³/mol. The van der Waals surface area contributed by atoms with Crippen LogP contribution >= 0.6 is 0 Å². The molecule has 0 fully saturated rings. The van der Waals surface area contributed by atoms with Gasteiger partial charge in [0, 0.05) is 12.8 Å². The molecular formula is C21H20N2. The van der Waals surface area contributed by atoms with Crippen LogP contribution in [0.5, 0.6) is 0 Å². The Labute approximate surface area is 137 Å². The Morgan fingerprint density at radius 3 is 1.35 bits per heavy atom. The van der Waals surface area contributed by atoms with Crippen molar-refractivity contribution in [2.75, 3.05) is 10.6 Å². The summed E-state index contributed by atoms with van der Waals surface area (Å²) in [5.41, 5.74) is 4.83. The zero-order valence-electron chi connectivity index (χ0n) is 13.0. The van der Waals surface area contributed by atoms with Crippen LogP contribution < -0.4 is 10.6 Å². The fourth-order valence-electron chi connectivity index (χ4n) is 3.38. The van der Waals surface area contributed by atoms with Gasteiger partial charge in [-0.2, -0.15) is 0 Å². The first-order valence-electron chi connectivity index (χ1n) is 8.06. The molecule has 0 saturated carbocycles. The second kappa shape index (κ2) is 5.81. The van der Waals surface area contributed by atoms with E-state index in [1.807, 2.05) is 0 Å². The first-order chi connectivity index (χ1) is 11.3. The van der Waals surface area contributed by atoms with Crippen LogP contribution in [-0.2, 0) is 12.8 Å². The van der Waals surface area contributed by atoms with Crippen LogP contribution in [0.4, 0.5) is 11.4 Å². The van der Waals surface area contributed by atoms with E-state index in [0.29, 0.717) is 0 Å². The second-order valence-electron chi connectivity index (χ2n) is 6.20. The average Bonchev–Trinajstić information content (AvgIpc) is 2.94. The van der Waals surface area contributed by atoms with Crippen LogP contribution in [0.25, 0.3) is 0 Å². The van der Waals surface area contributed by atoms with Gasteiger partial charge in [-0.25, -0.2) is 0 Å². The Morgan fingerprint density at radius 1 is 0.522 bits per heavy atom. The molecular weight excluding hydrogens is 280 g/mol. The highest BCUT2D eigenvalue weighted by atomic mass is 15.3. The number of hydrogen-bond acceptors (Lipinski definition) is 2. The maximum atomic E-state index is 3.73. The maximum absolute atomic E-state index is 3.73. The van der Waals surface area contributed by atoms with Crippen molar-refractivity contribution in [2.24, 2.45) is 0 Å². The lowest BCUT2D eigenvalue weighted by Gasteiger charge is -2.31. The number of nitrogens with one attached hydrogen (secondary N) is 2. The predicted octanol–water partition coefficient (Wildman–Crippen LogP) is 4.71. The third-order valence-corrected chi connectivity index (χ3v) is 4.37. The lowest BCUT2D eigenvalue weighted by Crippen LogP contribution is -2.46. The molecule has 0 unspecified atom stereocenters. The minimum absolute atomic E-state index is 0.188. The molecule has 4 rings (SSSR count). The summed E-state index contributed by atoms with van der Waals surface area (Å²) in [5.74, 6) is 0. The zero-order chi connectivity index (χ0) is 15.5. The Hall–Kier alpha value is -2.74. The van der Waals surface area contributed by atoms with E-state index in [0.717, 1.165) is 12.8 Å². The largest absolute Gasteiger partial charge is 0.361 e. The number of para-hydroxylation sites is 2. The molecule has 0 aliphatic carbocycles. The molecule has 3 aromatic rings. The van der Waals surface area contributed by atoms with Crippen molar-refractivity contribution in [3.63, 3.8) is 0 Å². The van der Waals surface area contributed by atoms with Gasteiger partial charge in [0.1, 0.15) is 5.66 Å². The van der Waals surface area contributed by atoms with Crippen LogP contribution in [0.1, 0.15) is 11.1 Å². The van der Waals surface area contributed by atoms with Crippen LogP contribution in [0.15, 0.2) is 84.9 Å². The van der Waals surface area contributed by atoms with Gasteiger partial charge in [0.25, 0.3) is 0 Å². The fourth-order valence-corrected chi connectivity index (χ4v) is 3.38. The number of hydrogen-bond donors (Lipinski definition) is 2. The van der Waals surface area contributed by atoms with E-state index in [1.165, 1.54) is 22.5 Å². The number of rotatable bonds is 4. The SMILES string of the molecule is c1ccc(CC2(Cc3ccccc3)Nc3ccccc3N2)cc1. The van der Waals surface area contributed by atoms with Gasteiger partial charge < -0.3 is 10.6 Å². The lowest BCUT2D eigenvalue weighted by atomic mass is 9.93. The number of benzene rings is 3. The third kappa shape index (κ3) is 2.93. The first-order valence-corrected chi connectivity index (χ1v) is 8.06. The minimum atomic E-state index is -0.188. The number of anilines is 2. The summed E-state index contributed by atoms with van der Waals surface area (Å²) < 4.78 is 0. The summed E-state index contributed by atoms with van der Waals surface area (Å²) in [6.45, 7) is 0. The normalized spacial score (nSPS) is 14.6. The van der Waals surface area contributed by atoms with Gasteiger partial charge in [-0.3, -0.25) is 0 Å². The van der Waals surface area contributed by atoms with E-state index in [1.54, 1.807) is 0 Å². The molecule has 0 aromatic heterocycles. The standard InChI is InChI=1S/C21H20N2/c1-3-9-17(10-4-1)15-21(16-18-11-5-2-6-12-18)22-19-13-7-8-14-20(19)23-21/h1-14,22-23H,15-16H2. The molecule has 2 N–H and O–H groups in total. The van der Waals surface area contributed by atoms with E-state index in [-0.39, 0.29) is 5.66 Å². The third-order valence-electron chi connectivity index (χ3n) is 4.37. The van der Waals surface area contributed by atoms with Crippen molar-refractivity contribution in [3.8, 4) is 0 Å². The van der Waals surface area contributed by atoms with E-state index in [9.17, 15) is 0 Å². The smallest absolute Gasteiger partial charge is 0.116 e. The van der Waals surface area contributed by atoms with Gasteiger partial charge in [0.05, 0.1) is 11.4 Å². The molecule has 114 valence electrons. The summed E-state index contributed by atoms with van der Waals surface area (Å²) in [4.78, 5) is 0. The van der Waals surface area contributed by atoms with Crippen molar-refractivity contribution in [3.05, 3.63) is 96.1 Å². The molecule has 3 aromatic carbocycles. The molecule has 1 aliphatic rings. The monoisotopic (exact) mass is 300 g/mol. The summed E-state index contributed by atoms with van der Waals surface area (Å²) in [6.07, 6.45) is 1.86. The van der Waals surface area contributed by atoms with Gasteiger partial charge in [-0.1, -0.05) is 72.8 Å². The van der Waals surface area contributed by atoms with Crippen LogP contribution in [-0.4, -0.2) is 5.66 Å². The first kappa shape index (κ1) is 13.9. The minimum Gasteiger partial charge on any atom is -0.361 e. The lowest BCUT2D eigenvalue weighted by molar-refractivity contribution is 0.537. The zero-order valence-corrected chi connectivity index (χ0v) is 13.0. The van der Waals surface area contributed by atoms with E-state index < -0.39 is 0 Å². The highest BCUT2D eigenvalue weighted by Gasteiger charge is 2.36. The average molecular weight is 300 g/mol. The van der Waals surface area contributed by atoms with Crippen molar-refractivity contribution in [2.45, 2.75) is 18.5 Å². The summed E-state index contributed by atoms with van der Waals surface area (Å²) in [7, 11) is 0. The van der Waals surface area contributed by atoms with Crippen LogP contribution in [0.3, 0.4) is 0 Å². The van der Waals surface area contributed by atoms with E-state index in [4.69, 9.17) is 0 Å². The molecule has 0 atom stereocenters. The molecule has 0 amide bonds. The molecule has 0 bridgehead atoms. The quantitative estimate of drug-likeness (QED) is 0.729. The molecule has 2 nitrogen and oxygen atoms in total. The van der Waals surface area contributed by atoms with Crippen LogP contribution in [0, 0.1) is 0 Å². The summed E-state index contributed by atoms with van der Waals surface area (Å²) >= 11 is 0. The molecule has 1 heterocycles. The fraction of sp³-hybridized carbons (Fsp3) is 0.143. The molecule has 2 heteroatoms. The Bertz CT molecular complexity index is 713. The molecule has 0 spiro atoms. The Balaban J connectivity index is 1.67. The van der Waals surface area contributed by atoms with E-state index in [2.05, 4.69) is 95.6 Å². The van der Waals surface area contributed by atoms with Crippen molar-refractivity contribution >= 4 is 11.4 Å². The van der Waals surface area contributed by atoms with E-state index >= 15 is 0 Å². The molecule has 0 radical (unpaired) electrons.